The summed E-state index contributed by atoms with van der Waals surface area (Å²) in [6.45, 7) is 5.54. The first-order valence-electron chi connectivity index (χ1n) is 5.89. The normalized spacial score (nSPS) is 11.6. The van der Waals surface area contributed by atoms with Crippen LogP contribution in [-0.4, -0.2) is 18.2 Å². The molecule has 0 unspecified atom stereocenters. The first kappa shape index (κ1) is 13.6. The minimum absolute atomic E-state index is 0.203. The average molecular weight is 279 g/mol. The van der Waals surface area contributed by atoms with Crippen molar-refractivity contribution < 1.29 is 8.42 Å². The summed E-state index contributed by atoms with van der Waals surface area (Å²) in [5, 5.41) is 4.05. The summed E-state index contributed by atoms with van der Waals surface area (Å²) in [5.41, 5.74) is 3.08. The highest BCUT2D eigenvalue weighted by molar-refractivity contribution is 7.92. The lowest BCUT2D eigenvalue weighted by Gasteiger charge is -2.09. The second-order valence-electron chi connectivity index (χ2n) is 4.73. The van der Waals surface area contributed by atoms with Crippen LogP contribution in [0.25, 0.3) is 0 Å². The molecule has 6 heteroatoms. The van der Waals surface area contributed by atoms with E-state index in [0.29, 0.717) is 11.4 Å². The highest BCUT2D eigenvalue weighted by atomic mass is 32.2. The van der Waals surface area contributed by atoms with Crippen molar-refractivity contribution in [3.63, 3.8) is 0 Å². The number of aryl methyl sites for hydroxylation is 4. The molecule has 1 N–H and O–H groups in total. The van der Waals surface area contributed by atoms with Crippen LogP contribution in [-0.2, 0) is 17.1 Å². The summed E-state index contributed by atoms with van der Waals surface area (Å²) in [7, 11) is -1.89. The first-order chi connectivity index (χ1) is 8.78. The van der Waals surface area contributed by atoms with Gasteiger partial charge in [-0.1, -0.05) is 6.07 Å². The minimum atomic E-state index is -3.59. The van der Waals surface area contributed by atoms with E-state index < -0.39 is 10.0 Å². The van der Waals surface area contributed by atoms with Crippen LogP contribution in [0.5, 0.6) is 0 Å². The fourth-order valence-electron chi connectivity index (χ4n) is 2.09. The Balaban J connectivity index is 2.39. The molecule has 0 bridgehead atoms. The van der Waals surface area contributed by atoms with Crippen LogP contribution in [0.1, 0.15) is 16.8 Å². The molecular formula is C13H17N3O2S. The third kappa shape index (κ3) is 2.96. The number of aromatic nitrogens is 2. The molecule has 0 amide bonds. The van der Waals surface area contributed by atoms with Gasteiger partial charge in [0.05, 0.1) is 5.69 Å². The van der Waals surface area contributed by atoms with Crippen molar-refractivity contribution >= 4 is 15.7 Å². The van der Waals surface area contributed by atoms with Gasteiger partial charge in [0.15, 0.2) is 0 Å². The fourth-order valence-corrected chi connectivity index (χ4v) is 3.34. The molecule has 102 valence electrons. The average Bonchev–Trinajstić information content (AvgIpc) is 2.56. The Morgan fingerprint density at radius 2 is 1.68 bits per heavy atom. The van der Waals surface area contributed by atoms with Crippen molar-refractivity contribution in [2.45, 2.75) is 25.7 Å². The van der Waals surface area contributed by atoms with Crippen molar-refractivity contribution in [2.75, 3.05) is 4.72 Å². The topological polar surface area (TPSA) is 64.0 Å². The van der Waals surface area contributed by atoms with Crippen LogP contribution < -0.4 is 4.72 Å². The van der Waals surface area contributed by atoms with E-state index in [1.165, 1.54) is 10.9 Å². The third-order valence-electron chi connectivity index (χ3n) is 2.73. The summed E-state index contributed by atoms with van der Waals surface area (Å²) in [6, 6.07) is 5.60. The van der Waals surface area contributed by atoms with Gasteiger partial charge in [0, 0.05) is 18.9 Å². The largest absolute Gasteiger partial charge is 0.280 e. The summed E-state index contributed by atoms with van der Waals surface area (Å²) in [6.07, 6.45) is 1.50. The SMILES string of the molecule is Cc1cc(C)cc(NS(=O)(=O)c2cn(C)nc2C)c1. The van der Waals surface area contributed by atoms with Gasteiger partial charge in [-0.2, -0.15) is 5.10 Å². The van der Waals surface area contributed by atoms with E-state index in [2.05, 4.69) is 9.82 Å². The number of sulfonamides is 1. The molecule has 2 rings (SSSR count). The van der Waals surface area contributed by atoms with E-state index in [0.717, 1.165) is 11.1 Å². The minimum Gasteiger partial charge on any atom is -0.280 e. The highest BCUT2D eigenvalue weighted by Crippen LogP contribution is 2.20. The Kier molecular flexibility index (Phi) is 3.36. The number of benzene rings is 1. The van der Waals surface area contributed by atoms with E-state index in [1.807, 2.05) is 19.9 Å². The molecule has 1 aromatic heterocycles. The molecule has 0 fully saturated rings. The zero-order valence-electron chi connectivity index (χ0n) is 11.4. The van der Waals surface area contributed by atoms with Crippen LogP contribution in [0.2, 0.25) is 0 Å². The fraction of sp³-hybridized carbons (Fsp3) is 0.308. The van der Waals surface area contributed by atoms with Crippen LogP contribution in [0.3, 0.4) is 0 Å². The molecule has 0 aliphatic carbocycles. The van der Waals surface area contributed by atoms with Gasteiger partial charge in [-0.05, 0) is 44.0 Å². The number of nitrogens with one attached hydrogen (secondary N) is 1. The Morgan fingerprint density at radius 1 is 1.11 bits per heavy atom. The van der Waals surface area contributed by atoms with E-state index in [-0.39, 0.29) is 4.90 Å². The maximum absolute atomic E-state index is 12.3. The molecule has 2 aromatic rings. The van der Waals surface area contributed by atoms with E-state index in [4.69, 9.17) is 0 Å². The first-order valence-corrected chi connectivity index (χ1v) is 7.37. The molecule has 0 saturated heterocycles. The Labute approximate surface area is 113 Å². The molecule has 0 aliphatic rings. The van der Waals surface area contributed by atoms with Gasteiger partial charge >= 0.3 is 0 Å². The van der Waals surface area contributed by atoms with Gasteiger partial charge in [-0.25, -0.2) is 8.42 Å². The number of hydrogen-bond acceptors (Lipinski definition) is 3. The third-order valence-corrected chi connectivity index (χ3v) is 4.22. The molecule has 1 heterocycles. The summed E-state index contributed by atoms with van der Waals surface area (Å²) < 4.78 is 28.7. The number of rotatable bonds is 3. The number of anilines is 1. The molecule has 19 heavy (non-hydrogen) atoms. The van der Waals surface area contributed by atoms with Crippen LogP contribution in [0.4, 0.5) is 5.69 Å². The summed E-state index contributed by atoms with van der Waals surface area (Å²) in [5.74, 6) is 0. The standard InChI is InChI=1S/C13H17N3O2S/c1-9-5-10(2)7-12(6-9)15-19(17,18)13-8-16(4)14-11(13)3/h5-8,15H,1-4H3. The second kappa shape index (κ2) is 4.70. The van der Waals surface area contributed by atoms with E-state index in [9.17, 15) is 8.42 Å². The lowest BCUT2D eigenvalue weighted by Crippen LogP contribution is -2.13. The lowest BCUT2D eigenvalue weighted by molar-refractivity contribution is 0.600. The summed E-state index contributed by atoms with van der Waals surface area (Å²) in [4.78, 5) is 0.203. The van der Waals surface area contributed by atoms with E-state index in [1.54, 1.807) is 26.1 Å². The monoisotopic (exact) mass is 279 g/mol. The highest BCUT2D eigenvalue weighted by Gasteiger charge is 2.19. The predicted molar refractivity (Wildman–Crippen MR) is 74.7 cm³/mol. The van der Waals surface area contributed by atoms with Gasteiger partial charge < -0.3 is 0 Å². The molecule has 1 aromatic carbocycles. The van der Waals surface area contributed by atoms with Crippen molar-refractivity contribution in [1.82, 2.24) is 9.78 Å². The van der Waals surface area contributed by atoms with Gasteiger partial charge in [-0.3, -0.25) is 9.40 Å². The zero-order valence-corrected chi connectivity index (χ0v) is 12.2. The second-order valence-corrected chi connectivity index (χ2v) is 6.39. The number of nitrogens with zero attached hydrogens (tertiary/aromatic N) is 2. The van der Waals surface area contributed by atoms with Crippen molar-refractivity contribution in [2.24, 2.45) is 7.05 Å². The molecule has 0 radical (unpaired) electrons. The van der Waals surface area contributed by atoms with Crippen molar-refractivity contribution in [3.05, 3.63) is 41.2 Å². The van der Waals surface area contributed by atoms with Crippen molar-refractivity contribution in [3.8, 4) is 0 Å². The van der Waals surface area contributed by atoms with Gasteiger partial charge in [0.25, 0.3) is 10.0 Å². The maximum atomic E-state index is 12.3. The Hall–Kier alpha value is -1.82. The van der Waals surface area contributed by atoms with Crippen LogP contribution in [0, 0.1) is 20.8 Å². The molecule has 0 saturated carbocycles. The Morgan fingerprint density at radius 3 is 2.16 bits per heavy atom. The van der Waals surface area contributed by atoms with Crippen LogP contribution in [0.15, 0.2) is 29.3 Å². The van der Waals surface area contributed by atoms with E-state index >= 15 is 0 Å². The molecule has 0 atom stereocenters. The molecule has 5 nitrogen and oxygen atoms in total. The molecule has 0 spiro atoms. The quantitative estimate of drug-likeness (QED) is 0.936. The smallest absolute Gasteiger partial charge is 0.265 e. The lowest BCUT2D eigenvalue weighted by atomic mass is 10.1. The Bertz CT molecular complexity index is 697. The van der Waals surface area contributed by atoms with Gasteiger partial charge in [-0.15, -0.1) is 0 Å². The zero-order chi connectivity index (χ0) is 14.2. The van der Waals surface area contributed by atoms with Crippen molar-refractivity contribution in [1.29, 1.82) is 0 Å². The number of hydrogen-bond donors (Lipinski definition) is 1. The molecule has 0 aliphatic heterocycles. The van der Waals surface area contributed by atoms with Crippen LogP contribution >= 0.6 is 0 Å². The molecular weight excluding hydrogens is 262 g/mol. The predicted octanol–water partition coefficient (Wildman–Crippen LogP) is 2.15. The summed E-state index contributed by atoms with van der Waals surface area (Å²) >= 11 is 0. The van der Waals surface area contributed by atoms with Gasteiger partial charge in [0.1, 0.15) is 4.90 Å². The van der Waals surface area contributed by atoms with Gasteiger partial charge in [0.2, 0.25) is 0 Å². The maximum Gasteiger partial charge on any atom is 0.265 e.